The molecule has 0 fully saturated rings. The smallest absolute Gasteiger partial charge is 0.354 e. The van der Waals surface area contributed by atoms with Crippen molar-refractivity contribution in [2.45, 2.75) is 6.54 Å². The molecule has 0 aliphatic carbocycles. The number of carboxylic acid groups (broad SMARTS) is 1. The molecule has 2 rings (SSSR count). The summed E-state index contributed by atoms with van der Waals surface area (Å²) < 4.78 is 0. The maximum Gasteiger partial charge on any atom is 0.354 e. The molecule has 1 aromatic carbocycles. The zero-order chi connectivity index (χ0) is 13.8. The standard InChI is InChI=1S/C13H10Cl2N2O2/c14-9-4-2-5-10(15)12(9)16-7-8-3-1-6-11(17-8)13(18)19/h1-6,16H,7H2,(H,18,19). The Kier molecular flexibility index (Phi) is 4.24. The highest BCUT2D eigenvalue weighted by Crippen LogP contribution is 2.29. The number of halogens is 2. The lowest BCUT2D eigenvalue weighted by molar-refractivity contribution is 0.0690. The first-order valence-corrected chi connectivity index (χ1v) is 6.20. The summed E-state index contributed by atoms with van der Waals surface area (Å²) in [5.41, 5.74) is 1.20. The molecular weight excluding hydrogens is 287 g/mol. The van der Waals surface area contributed by atoms with Crippen LogP contribution in [0.4, 0.5) is 5.69 Å². The Morgan fingerprint density at radius 1 is 1.16 bits per heavy atom. The Balaban J connectivity index is 2.15. The second-order valence-electron chi connectivity index (χ2n) is 3.77. The summed E-state index contributed by atoms with van der Waals surface area (Å²) in [7, 11) is 0. The highest BCUT2D eigenvalue weighted by Gasteiger charge is 2.07. The first kappa shape index (κ1) is 13.6. The number of aromatic nitrogens is 1. The number of carbonyl (C=O) groups is 1. The van der Waals surface area contributed by atoms with Gasteiger partial charge in [-0.05, 0) is 24.3 Å². The predicted octanol–water partition coefficient (Wildman–Crippen LogP) is 3.70. The second kappa shape index (κ2) is 5.91. The van der Waals surface area contributed by atoms with E-state index >= 15 is 0 Å². The lowest BCUT2D eigenvalue weighted by atomic mass is 10.2. The van der Waals surface area contributed by atoms with E-state index in [0.717, 1.165) is 0 Å². The fourth-order valence-electron chi connectivity index (χ4n) is 1.54. The van der Waals surface area contributed by atoms with Crippen LogP contribution in [-0.2, 0) is 6.54 Å². The average molecular weight is 297 g/mol. The lowest BCUT2D eigenvalue weighted by Crippen LogP contribution is -2.06. The summed E-state index contributed by atoms with van der Waals surface area (Å²) in [6.07, 6.45) is 0. The molecule has 1 heterocycles. The van der Waals surface area contributed by atoms with Gasteiger partial charge < -0.3 is 10.4 Å². The molecule has 0 spiro atoms. The number of hydrogen-bond acceptors (Lipinski definition) is 3. The van der Waals surface area contributed by atoms with Crippen molar-refractivity contribution in [3.05, 3.63) is 57.8 Å². The van der Waals surface area contributed by atoms with Crippen LogP contribution in [0, 0.1) is 0 Å². The van der Waals surface area contributed by atoms with Gasteiger partial charge in [0.1, 0.15) is 5.69 Å². The van der Waals surface area contributed by atoms with Gasteiger partial charge >= 0.3 is 5.97 Å². The van der Waals surface area contributed by atoms with E-state index < -0.39 is 5.97 Å². The van der Waals surface area contributed by atoms with Gasteiger partial charge in [0, 0.05) is 0 Å². The molecule has 0 radical (unpaired) electrons. The van der Waals surface area contributed by atoms with Crippen LogP contribution in [0.15, 0.2) is 36.4 Å². The molecule has 0 unspecified atom stereocenters. The Hall–Kier alpha value is -1.78. The molecule has 2 aromatic rings. The van der Waals surface area contributed by atoms with Crippen molar-refractivity contribution in [3.8, 4) is 0 Å². The van der Waals surface area contributed by atoms with Crippen molar-refractivity contribution < 1.29 is 9.90 Å². The molecule has 98 valence electrons. The molecule has 1 aromatic heterocycles. The monoisotopic (exact) mass is 296 g/mol. The maximum atomic E-state index is 10.8. The number of benzene rings is 1. The first-order valence-electron chi connectivity index (χ1n) is 5.45. The molecule has 0 bridgehead atoms. The van der Waals surface area contributed by atoms with Crippen LogP contribution >= 0.6 is 23.2 Å². The van der Waals surface area contributed by atoms with E-state index in [0.29, 0.717) is 28.0 Å². The van der Waals surface area contributed by atoms with Crippen LogP contribution in [0.3, 0.4) is 0 Å². The highest BCUT2D eigenvalue weighted by atomic mass is 35.5. The summed E-state index contributed by atoms with van der Waals surface area (Å²) in [6, 6.07) is 9.99. The van der Waals surface area contributed by atoms with E-state index in [4.69, 9.17) is 28.3 Å². The Bertz CT molecular complexity index is 597. The molecule has 4 nitrogen and oxygen atoms in total. The van der Waals surface area contributed by atoms with Crippen LogP contribution in [0.1, 0.15) is 16.2 Å². The quantitative estimate of drug-likeness (QED) is 0.903. The average Bonchev–Trinajstić information content (AvgIpc) is 2.38. The fourth-order valence-corrected chi connectivity index (χ4v) is 2.07. The molecule has 0 atom stereocenters. The predicted molar refractivity (Wildman–Crippen MR) is 75.0 cm³/mol. The van der Waals surface area contributed by atoms with Gasteiger partial charge in [-0.25, -0.2) is 9.78 Å². The Labute approximate surface area is 120 Å². The molecule has 2 N–H and O–H groups in total. The Morgan fingerprint density at radius 2 is 1.79 bits per heavy atom. The highest BCUT2D eigenvalue weighted by molar-refractivity contribution is 6.39. The number of anilines is 1. The van der Waals surface area contributed by atoms with Crippen molar-refractivity contribution in [2.24, 2.45) is 0 Å². The van der Waals surface area contributed by atoms with E-state index in [1.165, 1.54) is 6.07 Å². The molecule has 0 aliphatic heterocycles. The summed E-state index contributed by atoms with van der Waals surface area (Å²) in [5, 5.41) is 12.9. The van der Waals surface area contributed by atoms with Crippen LogP contribution in [0.25, 0.3) is 0 Å². The minimum absolute atomic E-state index is 0.00422. The minimum Gasteiger partial charge on any atom is -0.477 e. The first-order chi connectivity index (χ1) is 9.08. The number of nitrogens with zero attached hydrogens (tertiary/aromatic N) is 1. The van der Waals surface area contributed by atoms with E-state index in [-0.39, 0.29) is 5.69 Å². The van der Waals surface area contributed by atoms with E-state index in [2.05, 4.69) is 10.3 Å². The van der Waals surface area contributed by atoms with Crippen molar-refractivity contribution in [3.63, 3.8) is 0 Å². The van der Waals surface area contributed by atoms with Gasteiger partial charge in [0.15, 0.2) is 0 Å². The van der Waals surface area contributed by atoms with E-state index in [9.17, 15) is 4.79 Å². The van der Waals surface area contributed by atoms with Gasteiger partial charge in [-0.15, -0.1) is 0 Å². The SMILES string of the molecule is O=C(O)c1cccc(CNc2c(Cl)cccc2Cl)n1. The number of nitrogens with one attached hydrogen (secondary N) is 1. The number of pyridine rings is 1. The number of hydrogen-bond donors (Lipinski definition) is 2. The molecule has 19 heavy (non-hydrogen) atoms. The molecule has 6 heteroatoms. The molecule has 0 saturated carbocycles. The third-order valence-corrected chi connectivity index (χ3v) is 3.06. The van der Waals surface area contributed by atoms with E-state index in [1.807, 2.05) is 0 Å². The largest absolute Gasteiger partial charge is 0.477 e. The summed E-state index contributed by atoms with van der Waals surface area (Å²) in [4.78, 5) is 14.8. The Morgan fingerprint density at radius 3 is 2.42 bits per heavy atom. The normalized spacial score (nSPS) is 10.2. The summed E-state index contributed by atoms with van der Waals surface area (Å²) in [5.74, 6) is -1.06. The van der Waals surface area contributed by atoms with Gasteiger partial charge in [-0.3, -0.25) is 0 Å². The van der Waals surface area contributed by atoms with Crippen LogP contribution in [-0.4, -0.2) is 16.1 Å². The van der Waals surface area contributed by atoms with Crippen LogP contribution < -0.4 is 5.32 Å². The summed E-state index contributed by atoms with van der Waals surface area (Å²) >= 11 is 12.0. The van der Waals surface area contributed by atoms with Gasteiger partial charge in [0.05, 0.1) is 28.0 Å². The zero-order valence-corrected chi connectivity index (χ0v) is 11.2. The number of rotatable bonds is 4. The number of aromatic carboxylic acids is 1. The molecular formula is C13H10Cl2N2O2. The molecule has 0 aliphatic rings. The van der Waals surface area contributed by atoms with Gasteiger partial charge in [-0.1, -0.05) is 35.3 Å². The van der Waals surface area contributed by atoms with Crippen molar-refractivity contribution >= 4 is 34.9 Å². The van der Waals surface area contributed by atoms with Crippen molar-refractivity contribution in [1.82, 2.24) is 4.98 Å². The van der Waals surface area contributed by atoms with Gasteiger partial charge in [-0.2, -0.15) is 0 Å². The fraction of sp³-hybridized carbons (Fsp3) is 0.0769. The van der Waals surface area contributed by atoms with Crippen molar-refractivity contribution in [2.75, 3.05) is 5.32 Å². The second-order valence-corrected chi connectivity index (χ2v) is 4.58. The number of carboxylic acids is 1. The maximum absolute atomic E-state index is 10.8. The van der Waals surface area contributed by atoms with E-state index in [1.54, 1.807) is 30.3 Å². The van der Waals surface area contributed by atoms with Crippen molar-refractivity contribution in [1.29, 1.82) is 0 Å². The third kappa shape index (κ3) is 3.36. The number of para-hydroxylation sites is 1. The summed E-state index contributed by atoms with van der Waals surface area (Å²) in [6.45, 7) is 0.338. The zero-order valence-electron chi connectivity index (χ0n) is 9.73. The lowest BCUT2D eigenvalue weighted by Gasteiger charge is -2.10. The molecule has 0 amide bonds. The minimum atomic E-state index is -1.06. The van der Waals surface area contributed by atoms with Crippen LogP contribution in [0.2, 0.25) is 10.0 Å². The van der Waals surface area contributed by atoms with Gasteiger partial charge in [0.2, 0.25) is 0 Å². The van der Waals surface area contributed by atoms with Crippen LogP contribution in [0.5, 0.6) is 0 Å². The third-order valence-electron chi connectivity index (χ3n) is 2.43. The molecule has 0 saturated heterocycles. The topological polar surface area (TPSA) is 62.2 Å². The van der Waals surface area contributed by atoms with Gasteiger partial charge in [0.25, 0.3) is 0 Å².